The number of nitrogens with zero attached hydrogens (tertiary/aromatic N) is 4. The number of hydrogen-bond donors (Lipinski definition) is 0. The van der Waals surface area contributed by atoms with Crippen molar-refractivity contribution in [1.29, 1.82) is 0 Å². The Morgan fingerprint density at radius 1 is 0.684 bits per heavy atom. The first-order valence-electron chi connectivity index (χ1n) is 5.84. The molecule has 0 aliphatic carbocycles. The quantitative estimate of drug-likeness (QED) is 0.701. The summed E-state index contributed by atoms with van der Waals surface area (Å²) in [5, 5.41) is 15.7. The monoisotopic (exact) mass is 256 g/mol. The molecule has 96 valence electrons. The van der Waals surface area contributed by atoms with Gasteiger partial charge in [0.05, 0.1) is 0 Å². The smallest absolute Gasteiger partial charge is 0.247 e. The van der Waals surface area contributed by atoms with Crippen molar-refractivity contribution < 1.29 is 8.83 Å². The van der Waals surface area contributed by atoms with E-state index in [0.717, 1.165) is 16.7 Å². The van der Waals surface area contributed by atoms with Crippen LogP contribution in [0.2, 0.25) is 0 Å². The van der Waals surface area contributed by atoms with Crippen molar-refractivity contribution in [2.75, 3.05) is 0 Å². The van der Waals surface area contributed by atoms with Gasteiger partial charge in [0, 0.05) is 25.0 Å². The minimum absolute atomic E-state index is 0.485. The van der Waals surface area contributed by atoms with Gasteiger partial charge >= 0.3 is 0 Å². The van der Waals surface area contributed by atoms with Gasteiger partial charge in [-0.15, -0.1) is 20.4 Å². The molecule has 6 heteroatoms. The molecule has 0 atom stereocenters. The predicted molar refractivity (Wildman–Crippen MR) is 67.2 cm³/mol. The third kappa shape index (κ3) is 2.24. The molecule has 6 nitrogen and oxygen atoms in total. The molecule has 0 fully saturated rings. The van der Waals surface area contributed by atoms with E-state index in [1.165, 1.54) is 0 Å². The standard InChI is InChI=1S/C13H12N4O2/c1-7-4-10(12-16-14-8(2)18-12)6-11(5-7)13-17-15-9(3)19-13/h4-6H,1-3H3. The zero-order chi connectivity index (χ0) is 13.4. The van der Waals surface area contributed by atoms with Crippen LogP contribution in [0.15, 0.2) is 27.0 Å². The molecule has 0 N–H and O–H groups in total. The number of aromatic nitrogens is 4. The number of hydrogen-bond acceptors (Lipinski definition) is 6. The van der Waals surface area contributed by atoms with Gasteiger partial charge in [-0.25, -0.2) is 0 Å². The molecule has 2 heterocycles. The summed E-state index contributed by atoms with van der Waals surface area (Å²) in [6.07, 6.45) is 0. The van der Waals surface area contributed by atoms with Crippen molar-refractivity contribution in [2.24, 2.45) is 0 Å². The van der Waals surface area contributed by atoms with Crippen LogP contribution in [0.3, 0.4) is 0 Å². The van der Waals surface area contributed by atoms with Crippen molar-refractivity contribution in [3.05, 3.63) is 35.5 Å². The fraction of sp³-hybridized carbons (Fsp3) is 0.231. The molecule has 0 radical (unpaired) electrons. The van der Waals surface area contributed by atoms with Crippen molar-refractivity contribution in [3.63, 3.8) is 0 Å². The molecule has 2 aromatic heterocycles. The summed E-state index contributed by atoms with van der Waals surface area (Å²) in [6.45, 7) is 5.50. The van der Waals surface area contributed by atoms with Gasteiger partial charge in [0.2, 0.25) is 23.6 Å². The van der Waals surface area contributed by atoms with E-state index in [0.29, 0.717) is 23.6 Å². The minimum atomic E-state index is 0.485. The zero-order valence-corrected chi connectivity index (χ0v) is 10.8. The molecule has 3 aromatic rings. The van der Waals surface area contributed by atoms with Gasteiger partial charge in [0.1, 0.15) is 0 Å². The van der Waals surface area contributed by atoms with Gasteiger partial charge in [-0.1, -0.05) is 0 Å². The molecule has 0 spiro atoms. The SMILES string of the molecule is Cc1cc(-c2nnc(C)o2)cc(-c2nnc(C)o2)c1. The lowest BCUT2D eigenvalue weighted by molar-refractivity contribution is 0.531. The molecule has 0 aliphatic rings. The van der Waals surface area contributed by atoms with Crippen LogP contribution in [-0.4, -0.2) is 20.4 Å². The molecule has 3 rings (SSSR count). The van der Waals surface area contributed by atoms with E-state index in [9.17, 15) is 0 Å². The van der Waals surface area contributed by atoms with Crippen LogP contribution in [0.5, 0.6) is 0 Å². The summed E-state index contributed by atoms with van der Waals surface area (Å²) in [7, 11) is 0. The first-order valence-corrected chi connectivity index (χ1v) is 5.84. The number of aryl methyl sites for hydroxylation is 3. The predicted octanol–water partition coefficient (Wildman–Crippen LogP) is 2.71. The van der Waals surface area contributed by atoms with Crippen molar-refractivity contribution >= 4 is 0 Å². The molecule has 0 bridgehead atoms. The highest BCUT2D eigenvalue weighted by Crippen LogP contribution is 2.26. The Labute approximate surface area is 109 Å². The largest absolute Gasteiger partial charge is 0.421 e. The summed E-state index contributed by atoms with van der Waals surface area (Å²) in [6, 6.07) is 5.84. The van der Waals surface area contributed by atoms with Gasteiger partial charge in [0.15, 0.2) is 0 Å². The fourth-order valence-corrected chi connectivity index (χ4v) is 1.86. The number of rotatable bonds is 2. The van der Waals surface area contributed by atoms with E-state index in [-0.39, 0.29) is 0 Å². The van der Waals surface area contributed by atoms with E-state index < -0.39 is 0 Å². The molecule has 19 heavy (non-hydrogen) atoms. The minimum Gasteiger partial charge on any atom is -0.421 e. The summed E-state index contributed by atoms with van der Waals surface area (Å²) in [4.78, 5) is 0. The molecule has 0 saturated carbocycles. The highest BCUT2D eigenvalue weighted by Gasteiger charge is 2.12. The maximum Gasteiger partial charge on any atom is 0.247 e. The second-order valence-electron chi connectivity index (χ2n) is 4.34. The van der Waals surface area contributed by atoms with Gasteiger partial charge in [-0.3, -0.25) is 0 Å². The molecular formula is C13H12N4O2. The third-order valence-electron chi connectivity index (χ3n) is 2.62. The normalized spacial score (nSPS) is 10.9. The summed E-state index contributed by atoms with van der Waals surface area (Å²) in [5.74, 6) is 2.04. The van der Waals surface area contributed by atoms with Gasteiger partial charge in [0.25, 0.3) is 0 Å². The summed E-state index contributed by atoms with van der Waals surface area (Å²) >= 11 is 0. The van der Waals surface area contributed by atoms with E-state index in [1.54, 1.807) is 13.8 Å². The van der Waals surface area contributed by atoms with Crippen LogP contribution < -0.4 is 0 Å². The van der Waals surface area contributed by atoms with Crippen LogP contribution in [0.1, 0.15) is 17.3 Å². The Bertz CT molecular complexity index is 671. The molecule has 1 aromatic carbocycles. The van der Waals surface area contributed by atoms with E-state index >= 15 is 0 Å². The van der Waals surface area contributed by atoms with E-state index in [1.807, 2.05) is 25.1 Å². The zero-order valence-electron chi connectivity index (χ0n) is 10.8. The number of benzene rings is 1. The molecule has 0 saturated heterocycles. The Morgan fingerprint density at radius 3 is 1.53 bits per heavy atom. The molecule has 0 unspecified atom stereocenters. The van der Waals surface area contributed by atoms with E-state index in [2.05, 4.69) is 20.4 Å². The Morgan fingerprint density at radius 2 is 1.16 bits per heavy atom. The second kappa shape index (κ2) is 4.31. The first-order chi connectivity index (χ1) is 9.11. The summed E-state index contributed by atoms with van der Waals surface area (Å²) in [5.41, 5.74) is 2.73. The van der Waals surface area contributed by atoms with E-state index in [4.69, 9.17) is 8.83 Å². The second-order valence-corrected chi connectivity index (χ2v) is 4.34. The van der Waals surface area contributed by atoms with Crippen molar-refractivity contribution in [1.82, 2.24) is 20.4 Å². The fourth-order valence-electron chi connectivity index (χ4n) is 1.86. The first kappa shape index (κ1) is 11.6. The maximum absolute atomic E-state index is 5.43. The van der Waals surface area contributed by atoms with Gasteiger partial charge in [-0.2, -0.15) is 0 Å². The van der Waals surface area contributed by atoms with Crippen LogP contribution in [0.25, 0.3) is 22.9 Å². The third-order valence-corrected chi connectivity index (χ3v) is 2.62. The van der Waals surface area contributed by atoms with Crippen molar-refractivity contribution in [2.45, 2.75) is 20.8 Å². The Balaban J connectivity index is 2.10. The lowest BCUT2D eigenvalue weighted by Crippen LogP contribution is -1.85. The molecular weight excluding hydrogens is 244 g/mol. The Hall–Kier alpha value is -2.50. The average Bonchev–Trinajstić information content (AvgIpc) is 2.97. The van der Waals surface area contributed by atoms with Gasteiger partial charge < -0.3 is 8.83 Å². The van der Waals surface area contributed by atoms with Crippen molar-refractivity contribution in [3.8, 4) is 22.9 Å². The highest BCUT2D eigenvalue weighted by molar-refractivity contribution is 5.65. The van der Waals surface area contributed by atoms with Gasteiger partial charge in [-0.05, 0) is 30.7 Å². The van der Waals surface area contributed by atoms with Crippen LogP contribution in [0.4, 0.5) is 0 Å². The van der Waals surface area contributed by atoms with Crippen LogP contribution >= 0.6 is 0 Å². The average molecular weight is 256 g/mol. The Kier molecular flexibility index (Phi) is 2.63. The van der Waals surface area contributed by atoms with Crippen LogP contribution in [-0.2, 0) is 0 Å². The van der Waals surface area contributed by atoms with Crippen LogP contribution in [0, 0.1) is 20.8 Å². The maximum atomic E-state index is 5.43. The molecule has 0 aliphatic heterocycles. The molecule has 0 amide bonds. The topological polar surface area (TPSA) is 77.8 Å². The highest BCUT2D eigenvalue weighted by atomic mass is 16.4. The lowest BCUT2D eigenvalue weighted by atomic mass is 10.1. The lowest BCUT2D eigenvalue weighted by Gasteiger charge is -2.01. The summed E-state index contributed by atoms with van der Waals surface area (Å²) < 4.78 is 10.9.